The van der Waals surface area contributed by atoms with Gasteiger partial charge in [0.15, 0.2) is 6.10 Å². The second-order valence-corrected chi connectivity index (χ2v) is 20.1. The van der Waals surface area contributed by atoms with Crippen LogP contribution in [0, 0.1) is 0 Å². The average molecular weight is 985 g/mol. The smallest absolute Gasteiger partial charge is 0.462 e. The van der Waals surface area contributed by atoms with Crippen molar-refractivity contribution in [3.8, 4) is 0 Å². The lowest BCUT2D eigenvalue weighted by Gasteiger charge is -2.41. The van der Waals surface area contributed by atoms with E-state index in [4.69, 9.17) is 18.5 Å². The third-order valence-electron chi connectivity index (χ3n) is 12.4. The number of rotatable bonds is 45. The van der Waals surface area contributed by atoms with Crippen LogP contribution in [0.15, 0.2) is 48.6 Å². The number of phosphoric ester groups is 1. The van der Waals surface area contributed by atoms with Crippen LogP contribution in [0.3, 0.4) is 0 Å². The van der Waals surface area contributed by atoms with Gasteiger partial charge in [-0.25, -0.2) is 4.57 Å². The molecule has 1 aliphatic rings. The van der Waals surface area contributed by atoms with Crippen molar-refractivity contribution in [1.29, 1.82) is 0 Å². The van der Waals surface area contributed by atoms with Gasteiger partial charge in [-0.1, -0.05) is 210 Å². The van der Waals surface area contributed by atoms with Crippen LogP contribution in [0.25, 0.3) is 0 Å². The molecule has 1 saturated carbocycles. The molecular formula is C54H97O13P. The molecule has 0 radical (unpaired) electrons. The quantitative estimate of drug-likeness (QED) is 0.0145. The molecule has 0 aromatic carbocycles. The Hall–Kier alpha value is -2.19. The molecule has 1 rings (SSSR count). The van der Waals surface area contributed by atoms with Gasteiger partial charge in [0.25, 0.3) is 0 Å². The Morgan fingerprint density at radius 2 is 0.838 bits per heavy atom. The lowest BCUT2D eigenvalue weighted by atomic mass is 9.85. The largest absolute Gasteiger partial charge is 0.472 e. The van der Waals surface area contributed by atoms with Gasteiger partial charge in [0.05, 0.1) is 6.61 Å². The molecule has 13 nitrogen and oxygen atoms in total. The molecule has 0 aromatic heterocycles. The van der Waals surface area contributed by atoms with E-state index in [0.29, 0.717) is 12.8 Å². The van der Waals surface area contributed by atoms with Gasteiger partial charge in [0, 0.05) is 12.8 Å². The highest BCUT2D eigenvalue weighted by atomic mass is 31.2. The summed E-state index contributed by atoms with van der Waals surface area (Å²) in [5.41, 5.74) is 0. The maximum atomic E-state index is 12.9. The van der Waals surface area contributed by atoms with Crippen LogP contribution in [0.1, 0.15) is 226 Å². The number of aliphatic hydroxyl groups is 5. The third-order valence-corrected chi connectivity index (χ3v) is 13.4. The SMILES string of the molecule is CC/C=C\C/C=C\C/C=C\C/C=C\CCCCCCC(=O)OC(COC(=O)CCCCCCCCCCCCCCCCCCCCCCCC)COP(=O)(O)OC1C(O)C(O)C(O)C(O)C1O. The van der Waals surface area contributed by atoms with Crippen LogP contribution in [-0.4, -0.2) is 98.3 Å². The molecule has 396 valence electrons. The second kappa shape index (κ2) is 43.6. The molecule has 0 amide bonds. The van der Waals surface area contributed by atoms with Crippen molar-refractivity contribution in [2.45, 2.75) is 268 Å². The zero-order chi connectivity index (χ0) is 49.9. The lowest BCUT2D eigenvalue weighted by Crippen LogP contribution is -2.64. The fraction of sp³-hybridized carbons (Fsp3) is 0.815. The number of carbonyl (C=O) groups excluding carboxylic acids is 2. The summed E-state index contributed by atoms with van der Waals surface area (Å²) in [6, 6.07) is 0. The predicted molar refractivity (Wildman–Crippen MR) is 272 cm³/mol. The van der Waals surface area contributed by atoms with Gasteiger partial charge < -0.3 is 39.9 Å². The molecule has 1 fully saturated rings. The molecule has 0 saturated heterocycles. The van der Waals surface area contributed by atoms with Gasteiger partial charge in [-0.3, -0.25) is 18.6 Å². The first-order chi connectivity index (χ1) is 32.9. The van der Waals surface area contributed by atoms with Gasteiger partial charge in [-0.15, -0.1) is 0 Å². The molecule has 0 spiro atoms. The van der Waals surface area contributed by atoms with Crippen molar-refractivity contribution < 1.29 is 63.1 Å². The molecular weight excluding hydrogens is 888 g/mol. The lowest BCUT2D eigenvalue weighted by molar-refractivity contribution is -0.220. The van der Waals surface area contributed by atoms with E-state index < -0.39 is 75.7 Å². The van der Waals surface area contributed by atoms with E-state index in [0.717, 1.165) is 70.6 Å². The summed E-state index contributed by atoms with van der Waals surface area (Å²) in [6.07, 6.45) is 40.2. The molecule has 14 heteroatoms. The first-order valence-electron chi connectivity index (χ1n) is 26.9. The van der Waals surface area contributed by atoms with Crippen LogP contribution in [-0.2, 0) is 32.7 Å². The normalized spacial score (nSPS) is 21.4. The first kappa shape index (κ1) is 63.8. The molecule has 68 heavy (non-hydrogen) atoms. The van der Waals surface area contributed by atoms with Crippen LogP contribution >= 0.6 is 7.82 Å². The molecule has 6 N–H and O–H groups in total. The molecule has 0 heterocycles. The van der Waals surface area contributed by atoms with Crippen LogP contribution < -0.4 is 0 Å². The van der Waals surface area contributed by atoms with Crippen molar-refractivity contribution >= 4 is 19.8 Å². The minimum Gasteiger partial charge on any atom is -0.462 e. The number of unbranched alkanes of at least 4 members (excludes halogenated alkanes) is 25. The van der Waals surface area contributed by atoms with Gasteiger partial charge in [0.1, 0.15) is 43.2 Å². The van der Waals surface area contributed by atoms with E-state index in [9.17, 15) is 44.6 Å². The van der Waals surface area contributed by atoms with E-state index in [1.54, 1.807) is 0 Å². The summed E-state index contributed by atoms with van der Waals surface area (Å²) in [5, 5.41) is 50.3. The Morgan fingerprint density at radius 3 is 1.28 bits per heavy atom. The zero-order valence-corrected chi connectivity index (χ0v) is 43.3. The molecule has 0 bridgehead atoms. The Kier molecular flexibility index (Phi) is 40.9. The van der Waals surface area contributed by atoms with Crippen molar-refractivity contribution in [2.24, 2.45) is 0 Å². The van der Waals surface area contributed by atoms with Crippen molar-refractivity contribution in [3.05, 3.63) is 48.6 Å². The number of hydrogen-bond acceptors (Lipinski definition) is 12. The molecule has 6 unspecified atom stereocenters. The van der Waals surface area contributed by atoms with E-state index >= 15 is 0 Å². The Labute approximate surface area is 411 Å². The van der Waals surface area contributed by atoms with E-state index in [1.807, 2.05) is 0 Å². The molecule has 6 atom stereocenters. The van der Waals surface area contributed by atoms with Crippen molar-refractivity contribution in [3.63, 3.8) is 0 Å². The Bertz CT molecular complexity index is 1370. The van der Waals surface area contributed by atoms with Gasteiger partial charge >= 0.3 is 19.8 Å². The second-order valence-electron chi connectivity index (χ2n) is 18.7. The number of phosphoric acid groups is 1. The zero-order valence-electron chi connectivity index (χ0n) is 42.4. The summed E-state index contributed by atoms with van der Waals surface area (Å²) < 4.78 is 33.7. The van der Waals surface area contributed by atoms with Gasteiger partial charge in [-0.2, -0.15) is 0 Å². The Balaban J connectivity index is 2.37. The number of hydrogen-bond donors (Lipinski definition) is 6. The maximum absolute atomic E-state index is 12.9. The van der Waals surface area contributed by atoms with E-state index in [2.05, 4.69) is 62.5 Å². The summed E-state index contributed by atoms with van der Waals surface area (Å²) in [6.45, 7) is 3.20. The Morgan fingerprint density at radius 1 is 0.471 bits per heavy atom. The molecule has 0 aromatic rings. The number of allylic oxidation sites excluding steroid dienone is 8. The minimum absolute atomic E-state index is 0.0692. The maximum Gasteiger partial charge on any atom is 0.472 e. The molecule has 0 aliphatic heterocycles. The summed E-state index contributed by atoms with van der Waals surface area (Å²) >= 11 is 0. The first-order valence-corrected chi connectivity index (χ1v) is 28.4. The van der Waals surface area contributed by atoms with Crippen LogP contribution in [0.4, 0.5) is 0 Å². The summed E-state index contributed by atoms with van der Waals surface area (Å²) in [4.78, 5) is 35.9. The van der Waals surface area contributed by atoms with E-state index in [-0.39, 0.29) is 12.8 Å². The number of ether oxygens (including phenoxy) is 2. The van der Waals surface area contributed by atoms with E-state index in [1.165, 1.54) is 116 Å². The van der Waals surface area contributed by atoms with Gasteiger partial charge in [0.2, 0.25) is 0 Å². The van der Waals surface area contributed by atoms with Crippen LogP contribution in [0.5, 0.6) is 0 Å². The third kappa shape index (κ3) is 35.0. The van der Waals surface area contributed by atoms with Crippen LogP contribution in [0.2, 0.25) is 0 Å². The fourth-order valence-electron chi connectivity index (χ4n) is 8.16. The topological polar surface area (TPSA) is 210 Å². The highest BCUT2D eigenvalue weighted by molar-refractivity contribution is 7.47. The predicted octanol–water partition coefficient (Wildman–Crippen LogP) is 11.9. The standard InChI is InChI=1S/C54H97O13P/c1-3-5-7-9-11-13-15-17-19-21-22-23-24-25-27-28-30-32-34-36-38-40-42-47(55)64-44-46(45-65-68(62,63)67-54-52(60)50(58)49(57)51(59)53(54)61)66-48(56)43-41-39-37-35-33-31-29-26-20-18-16-14-12-10-8-6-4-2/h6,8,12,14,18,20,29,31,46,49-54,57-61H,3-5,7,9-11,13,15-17,19,21-28,30,32-45H2,1-2H3,(H,62,63)/b8-6-,14-12-,20-18-,31-29-. The summed E-state index contributed by atoms with van der Waals surface area (Å²) in [5.74, 6) is -1.12. The number of carbonyl (C=O) groups is 2. The van der Waals surface area contributed by atoms with Crippen molar-refractivity contribution in [2.75, 3.05) is 13.2 Å². The van der Waals surface area contributed by atoms with Crippen molar-refractivity contribution in [1.82, 2.24) is 0 Å². The highest BCUT2D eigenvalue weighted by Gasteiger charge is 2.51. The minimum atomic E-state index is -5.13. The number of aliphatic hydroxyl groups excluding tert-OH is 5. The van der Waals surface area contributed by atoms with Gasteiger partial charge in [-0.05, 0) is 51.4 Å². The fourth-order valence-corrected chi connectivity index (χ4v) is 9.14. The highest BCUT2D eigenvalue weighted by Crippen LogP contribution is 2.47. The molecule has 1 aliphatic carbocycles. The summed E-state index contributed by atoms with van der Waals surface area (Å²) in [7, 11) is -5.13. The monoisotopic (exact) mass is 985 g/mol. The number of esters is 2. The average Bonchev–Trinajstić information content (AvgIpc) is 3.32.